The van der Waals surface area contributed by atoms with Crippen molar-refractivity contribution in [1.82, 2.24) is 10.1 Å². The zero-order valence-electron chi connectivity index (χ0n) is 12.0. The summed E-state index contributed by atoms with van der Waals surface area (Å²) in [4.78, 5) is 4.47. The monoisotopic (exact) mass is 275 g/mol. The molecule has 0 saturated heterocycles. The van der Waals surface area contributed by atoms with Crippen molar-refractivity contribution in [3.05, 3.63) is 47.6 Å². The van der Waals surface area contributed by atoms with Gasteiger partial charge < -0.3 is 15.0 Å². The maximum Gasteiger partial charge on any atom is 0.229 e. The number of hydrogen-bond acceptors (Lipinski definition) is 5. The lowest BCUT2D eigenvalue weighted by Crippen LogP contribution is -2.09. The molecule has 5 nitrogen and oxygen atoms in total. The van der Waals surface area contributed by atoms with E-state index in [0.717, 1.165) is 12.0 Å². The van der Waals surface area contributed by atoms with Crippen molar-refractivity contribution in [2.24, 2.45) is 5.73 Å². The number of aromatic nitrogens is 2. The van der Waals surface area contributed by atoms with Crippen LogP contribution in [0, 0.1) is 0 Å². The Labute approximate surface area is 119 Å². The van der Waals surface area contributed by atoms with E-state index in [1.54, 1.807) is 0 Å². The van der Waals surface area contributed by atoms with Crippen LogP contribution in [0.2, 0.25) is 0 Å². The standard InChI is InChI=1S/C15H21N3O2/c1-3-19-13(12-7-5-4-6-8-12)14-17-15(20-18-14)11(2)9-10-16/h4-8,11,13H,3,9-10,16H2,1-2H3. The molecule has 0 radical (unpaired) electrons. The predicted molar refractivity (Wildman–Crippen MR) is 76.3 cm³/mol. The van der Waals surface area contributed by atoms with Gasteiger partial charge in [0.2, 0.25) is 11.7 Å². The summed E-state index contributed by atoms with van der Waals surface area (Å²) in [7, 11) is 0. The molecule has 0 aliphatic heterocycles. The van der Waals surface area contributed by atoms with Crippen molar-refractivity contribution < 1.29 is 9.26 Å². The predicted octanol–water partition coefficient (Wildman–Crippen LogP) is 2.65. The van der Waals surface area contributed by atoms with Gasteiger partial charge in [0, 0.05) is 12.5 Å². The molecule has 108 valence electrons. The second-order valence-corrected chi connectivity index (χ2v) is 4.72. The maximum atomic E-state index is 5.76. The summed E-state index contributed by atoms with van der Waals surface area (Å²) in [5.74, 6) is 1.35. The fraction of sp³-hybridized carbons (Fsp3) is 0.467. The molecule has 2 rings (SSSR count). The van der Waals surface area contributed by atoms with Gasteiger partial charge in [-0.25, -0.2) is 0 Å². The van der Waals surface area contributed by atoms with E-state index < -0.39 is 0 Å². The van der Waals surface area contributed by atoms with Crippen molar-refractivity contribution in [3.8, 4) is 0 Å². The Hall–Kier alpha value is -1.72. The molecule has 0 aliphatic carbocycles. The molecule has 0 amide bonds. The van der Waals surface area contributed by atoms with Crippen molar-refractivity contribution in [1.29, 1.82) is 0 Å². The Balaban J connectivity index is 2.22. The fourth-order valence-corrected chi connectivity index (χ4v) is 2.04. The SMILES string of the molecule is CCOC(c1ccccc1)c1noc(C(C)CCN)n1. The van der Waals surface area contributed by atoms with Crippen LogP contribution in [0.3, 0.4) is 0 Å². The van der Waals surface area contributed by atoms with Crippen molar-refractivity contribution in [2.75, 3.05) is 13.2 Å². The van der Waals surface area contributed by atoms with Crippen LogP contribution in [0.15, 0.2) is 34.9 Å². The minimum absolute atomic E-state index is 0.166. The van der Waals surface area contributed by atoms with Crippen molar-refractivity contribution in [3.63, 3.8) is 0 Å². The average Bonchev–Trinajstić information content (AvgIpc) is 2.95. The first kappa shape index (κ1) is 14.7. The van der Waals surface area contributed by atoms with E-state index in [1.807, 2.05) is 44.2 Å². The molecule has 0 bridgehead atoms. The minimum Gasteiger partial charge on any atom is -0.366 e. The van der Waals surface area contributed by atoms with Gasteiger partial charge in [0.15, 0.2) is 0 Å². The van der Waals surface area contributed by atoms with E-state index in [9.17, 15) is 0 Å². The van der Waals surface area contributed by atoms with Crippen LogP contribution in [0.4, 0.5) is 0 Å². The fourth-order valence-electron chi connectivity index (χ4n) is 2.04. The van der Waals surface area contributed by atoms with Gasteiger partial charge in [0.1, 0.15) is 6.10 Å². The summed E-state index contributed by atoms with van der Waals surface area (Å²) in [6, 6.07) is 9.91. The summed E-state index contributed by atoms with van der Waals surface area (Å²) in [5, 5.41) is 4.06. The van der Waals surface area contributed by atoms with Crippen LogP contribution in [0.1, 0.15) is 49.6 Å². The van der Waals surface area contributed by atoms with E-state index in [0.29, 0.717) is 24.9 Å². The zero-order valence-corrected chi connectivity index (χ0v) is 12.0. The third-order valence-electron chi connectivity index (χ3n) is 3.15. The molecule has 2 N–H and O–H groups in total. The molecule has 0 saturated carbocycles. The molecule has 0 spiro atoms. The van der Waals surface area contributed by atoms with Gasteiger partial charge in [-0.2, -0.15) is 4.98 Å². The second kappa shape index (κ2) is 7.17. The van der Waals surface area contributed by atoms with E-state index >= 15 is 0 Å². The minimum atomic E-state index is -0.288. The van der Waals surface area contributed by atoms with Crippen LogP contribution in [-0.4, -0.2) is 23.3 Å². The van der Waals surface area contributed by atoms with Crippen molar-refractivity contribution in [2.45, 2.75) is 32.3 Å². The molecule has 1 heterocycles. The first-order chi connectivity index (χ1) is 9.76. The molecule has 1 aromatic carbocycles. The summed E-state index contributed by atoms with van der Waals surface area (Å²) >= 11 is 0. The van der Waals surface area contributed by atoms with E-state index in [1.165, 1.54) is 0 Å². The first-order valence-electron chi connectivity index (χ1n) is 6.96. The highest BCUT2D eigenvalue weighted by Crippen LogP contribution is 2.25. The van der Waals surface area contributed by atoms with Gasteiger partial charge in [-0.1, -0.05) is 42.4 Å². The molecule has 5 heteroatoms. The molecule has 2 aromatic rings. The Bertz CT molecular complexity index is 513. The summed E-state index contributed by atoms with van der Waals surface area (Å²) in [5.41, 5.74) is 6.58. The van der Waals surface area contributed by atoms with Crippen molar-refractivity contribution >= 4 is 0 Å². The van der Waals surface area contributed by atoms with E-state index in [2.05, 4.69) is 10.1 Å². The normalized spacial score (nSPS) is 14.2. The highest BCUT2D eigenvalue weighted by Gasteiger charge is 2.22. The van der Waals surface area contributed by atoms with Crippen LogP contribution < -0.4 is 5.73 Å². The van der Waals surface area contributed by atoms with Gasteiger partial charge in [0.25, 0.3) is 0 Å². The molecule has 2 unspecified atom stereocenters. The van der Waals surface area contributed by atoms with E-state index in [4.69, 9.17) is 15.0 Å². The Kier molecular flexibility index (Phi) is 5.26. The van der Waals surface area contributed by atoms with Gasteiger partial charge in [0.05, 0.1) is 0 Å². The molecular formula is C15H21N3O2. The number of nitrogens with zero attached hydrogens (tertiary/aromatic N) is 2. The third-order valence-corrected chi connectivity index (χ3v) is 3.15. The third kappa shape index (κ3) is 3.43. The summed E-state index contributed by atoms with van der Waals surface area (Å²) < 4.78 is 11.1. The van der Waals surface area contributed by atoms with Crippen LogP contribution in [-0.2, 0) is 4.74 Å². The maximum absolute atomic E-state index is 5.76. The quantitative estimate of drug-likeness (QED) is 0.840. The van der Waals surface area contributed by atoms with Gasteiger partial charge in [-0.3, -0.25) is 0 Å². The van der Waals surface area contributed by atoms with Crippen LogP contribution in [0.5, 0.6) is 0 Å². The lowest BCUT2D eigenvalue weighted by molar-refractivity contribution is 0.0833. The summed E-state index contributed by atoms with van der Waals surface area (Å²) in [6.07, 6.45) is 0.537. The van der Waals surface area contributed by atoms with Gasteiger partial charge in [-0.15, -0.1) is 0 Å². The topological polar surface area (TPSA) is 74.2 Å². The molecule has 1 aromatic heterocycles. The lowest BCUT2D eigenvalue weighted by atomic mass is 10.1. The number of rotatable bonds is 7. The number of benzene rings is 1. The number of ether oxygens (including phenoxy) is 1. The number of hydrogen-bond donors (Lipinski definition) is 1. The zero-order chi connectivity index (χ0) is 14.4. The van der Waals surface area contributed by atoms with Crippen LogP contribution in [0.25, 0.3) is 0 Å². The Morgan fingerprint density at radius 1 is 1.30 bits per heavy atom. The smallest absolute Gasteiger partial charge is 0.229 e. The second-order valence-electron chi connectivity index (χ2n) is 4.72. The molecule has 0 aliphatic rings. The largest absolute Gasteiger partial charge is 0.366 e. The molecule has 20 heavy (non-hydrogen) atoms. The summed E-state index contributed by atoms with van der Waals surface area (Å²) in [6.45, 7) is 5.17. The molecule has 2 atom stereocenters. The Morgan fingerprint density at radius 3 is 2.70 bits per heavy atom. The molecular weight excluding hydrogens is 254 g/mol. The van der Waals surface area contributed by atoms with Gasteiger partial charge >= 0.3 is 0 Å². The van der Waals surface area contributed by atoms with E-state index in [-0.39, 0.29) is 12.0 Å². The average molecular weight is 275 g/mol. The highest BCUT2D eigenvalue weighted by molar-refractivity contribution is 5.22. The first-order valence-corrected chi connectivity index (χ1v) is 6.96. The lowest BCUT2D eigenvalue weighted by Gasteiger charge is -2.13. The highest BCUT2D eigenvalue weighted by atomic mass is 16.5. The van der Waals surface area contributed by atoms with Gasteiger partial charge in [-0.05, 0) is 25.5 Å². The van der Waals surface area contributed by atoms with Crippen LogP contribution >= 0.6 is 0 Å². The molecule has 0 fully saturated rings. The number of nitrogens with two attached hydrogens (primary N) is 1. The Morgan fingerprint density at radius 2 is 2.05 bits per heavy atom.